The molecule has 0 spiro atoms. The molecule has 7 nitrogen and oxygen atoms in total. The molecule has 1 fully saturated rings. The van der Waals surface area contributed by atoms with Crippen LogP contribution in [0.15, 0.2) is 54.5 Å². The monoisotopic (exact) mass is 345 g/mol. The van der Waals surface area contributed by atoms with Crippen molar-refractivity contribution in [3.8, 4) is 5.75 Å². The minimum absolute atomic E-state index is 0.237. The zero-order chi connectivity index (χ0) is 18.0. The van der Waals surface area contributed by atoms with Crippen molar-refractivity contribution in [1.82, 2.24) is 5.32 Å². The van der Waals surface area contributed by atoms with E-state index < -0.39 is 30.4 Å². The number of amides is 1. The SMILES string of the molecule is CC(=O)N[C@H]1[C@H](Oc2cccc3ccccc23)O/C(=C/O)[C@@H](O)[C@H]1O. The minimum atomic E-state index is -1.48. The first-order valence-electron chi connectivity index (χ1n) is 7.80. The van der Waals surface area contributed by atoms with Gasteiger partial charge in [-0.05, 0) is 11.5 Å². The van der Waals surface area contributed by atoms with E-state index in [0.29, 0.717) is 12.0 Å². The molecule has 1 aliphatic heterocycles. The Balaban J connectivity index is 1.95. The summed E-state index contributed by atoms with van der Waals surface area (Å²) >= 11 is 0. The van der Waals surface area contributed by atoms with E-state index in [1.807, 2.05) is 36.4 Å². The molecule has 132 valence electrons. The third-order valence-corrected chi connectivity index (χ3v) is 4.02. The summed E-state index contributed by atoms with van der Waals surface area (Å²) in [5.74, 6) is -0.165. The maximum atomic E-state index is 11.4. The van der Waals surface area contributed by atoms with Crippen molar-refractivity contribution in [2.45, 2.75) is 31.5 Å². The summed E-state index contributed by atoms with van der Waals surface area (Å²) < 4.78 is 11.3. The van der Waals surface area contributed by atoms with Crippen molar-refractivity contribution in [3.05, 3.63) is 54.5 Å². The molecule has 2 aromatic rings. The van der Waals surface area contributed by atoms with Crippen LogP contribution >= 0.6 is 0 Å². The van der Waals surface area contributed by atoms with Gasteiger partial charge in [-0.1, -0.05) is 36.4 Å². The van der Waals surface area contributed by atoms with E-state index in [-0.39, 0.29) is 5.76 Å². The number of benzene rings is 2. The number of fused-ring (bicyclic) bond motifs is 1. The first-order chi connectivity index (χ1) is 12.0. The van der Waals surface area contributed by atoms with Crippen LogP contribution in [0.1, 0.15) is 6.92 Å². The number of ether oxygens (including phenoxy) is 2. The number of carbonyl (C=O) groups is 1. The molecule has 4 atom stereocenters. The summed E-state index contributed by atoms with van der Waals surface area (Å²) in [6.07, 6.45) is -3.45. The zero-order valence-corrected chi connectivity index (χ0v) is 13.5. The van der Waals surface area contributed by atoms with E-state index >= 15 is 0 Å². The van der Waals surface area contributed by atoms with Crippen molar-refractivity contribution in [2.75, 3.05) is 0 Å². The van der Waals surface area contributed by atoms with E-state index in [1.54, 1.807) is 6.07 Å². The van der Waals surface area contributed by atoms with Gasteiger partial charge >= 0.3 is 0 Å². The van der Waals surface area contributed by atoms with Gasteiger partial charge in [0.05, 0.1) is 0 Å². The number of hydrogen-bond donors (Lipinski definition) is 4. The quantitative estimate of drug-likeness (QED) is 0.623. The van der Waals surface area contributed by atoms with Gasteiger partial charge in [-0.2, -0.15) is 0 Å². The van der Waals surface area contributed by atoms with E-state index in [2.05, 4.69) is 5.32 Å². The first kappa shape index (κ1) is 17.1. The average Bonchev–Trinajstić information content (AvgIpc) is 2.61. The van der Waals surface area contributed by atoms with E-state index in [4.69, 9.17) is 9.47 Å². The molecule has 0 unspecified atom stereocenters. The van der Waals surface area contributed by atoms with Gasteiger partial charge < -0.3 is 30.1 Å². The zero-order valence-electron chi connectivity index (χ0n) is 13.5. The van der Waals surface area contributed by atoms with E-state index in [1.165, 1.54) is 6.92 Å². The first-order valence-corrected chi connectivity index (χ1v) is 7.80. The van der Waals surface area contributed by atoms with Crippen molar-refractivity contribution in [1.29, 1.82) is 0 Å². The lowest BCUT2D eigenvalue weighted by atomic mass is 10.00. The second-order valence-electron chi connectivity index (χ2n) is 5.77. The fourth-order valence-corrected chi connectivity index (χ4v) is 2.82. The predicted octanol–water partition coefficient (Wildman–Crippen LogP) is 1.20. The number of carbonyl (C=O) groups excluding carboxylic acids is 1. The molecule has 0 saturated carbocycles. The number of nitrogens with one attached hydrogen (secondary N) is 1. The average molecular weight is 345 g/mol. The third-order valence-electron chi connectivity index (χ3n) is 4.02. The van der Waals surface area contributed by atoms with Crippen LogP contribution in [0.4, 0.5) is 0 Å². The summed E-state index contributed by atoms with van der Waals surface area (Å²) in [6.45, 7) is 1.28. The van der Waals surface area contributed by atoms with Gasteiger partial charge in [0.15, 0.2) is 5.76 Å². The Kier molecular flexibility index (Phi) is 4.78. The lowest BCUT2D eigenvalue weighted by Gasteiger charge is -2.39. The number of aliphatic hydroxyl groups is 3. The highest BCUT2D eigenvalue weighted by Gasteiger charge is 2.44. The summed E-state index contributed by atoms with van der Waals surface area (Å²) in [4.78, 5) is 11.4. The highest BCUT2D eigenvalue weighted by molar-refractivity contribution is 5.88. The Labute approximate surface area is 144 Å². The normalized spacial score (nSPS) is 27.7. The topological polar surface area (TPSA) is 108 Å². The Morgan fingerprint density at radius 1 is 1.20 bits per heavy atom. The van der Waals surface area contributed by atoms with Crippen LogP contribution in [0.2, 0.25) is 0 Å². The molecule has 2 aromatic carbocycles. The van der Waals surface area contributed by atoms with Gasteiger partial charge in [0.25, 0.3) is 6.29 Å². The number of aliphatic hydroxyl groups excluding tert-OH is 3. The van der Waals surface area contributed by atoms with Crippen molar-refractivity contribution >= 4 is 16.7 Å². The van der Waals surface area contributed by atoms with Crippen LogP contribution in [-0.2, 0) is 9.53 Å². The third kappa shape index (κ3) is 3.38. The number of hydrogen-bond acceptors (Lipinski definition) is 6. The maximum Gasteiger partial charge on any atom is 0.263 e. The van der Waals surface area contributed by atoms with Crippen LogP contribution in [0.5, 0.6) is 5.75 Å². The molecular formula is C18H19NO6. The van der Waals surface area contributed by atoms with Crippen molar-refractivity contribution < 1.29 is 29.6 Å². The van der Waals surface area contributed by atoms with Gasteiger partial charge in [0.1, 0.15) is 30.3 Å². The molecular weight excluding hydrogens is 326 g/mol. The maximum absolute atomic E-state index is 11.4. The molecule has 1 heterocycles. The van der Waals surface area contributed by atoms with Gasteiger partial charge in [0, 0.05) is 12.3 Å². The Hall–Kier alpha value is -2.77. The Morgan fingerprint density at radius 3 is 2.64 bits per heavy atom. The summed E-state index contributed by atoms with van der Waals surface area (Å²) in [5.41, 5.74) is 0. The predicted molar refractivity (Wildman–Crippen MR) is 89.8 cm³/mol. The fourth-order valence-electron chi connectivity index (χ4n) is 2.82. The van der Waals surface area contributed by atoms with Gasteiger partial charge in [0.2, 0.25) is 5.91 Å². The highest BCUT2D eigenvalue weighted by Crippen LogP contribution is 2.30. The number of rotatable bonds is 3. The smallest absolute Gasteiger partial charge is 0.263 e. The van der Waals surface area contributed by atoms with Gasteiger partial charge in [-0.15, -0.1) is 0 Å². The van der Waals surface area contributed by atoms with Crippen LogP contribution in [0.3, 0.4) is 0 Å². The lowest BCUT2D eigenvalue weighted by molar-refractivity contribution is -0.171. The Morgan fingerprint density at radius 2 is 1.92 bits per heavy atom. The van der Waals surface area contributed by atoms with E-state index in [0.717, 1.165) is 10.8 Å². The largest absolute Gasteiger partial charge is 0.512 e. The summed E-state index contributed by atoms with van der Waals surface area (Å²) in [6, 6.07) is 12.0. The highest BCUT2D eigenvalue weighted by atomic mass is 16.7. The second-order valence-corrected chi connectivity index (χ2v) is 5.77. The van der Waals surface area contributed by atoms with Crippen LogP contribution in [0.25, 0.3) is 10.8 Å². The summed E-state index contributed by atoms with van der Waals surface area (Å²) in [5, 5.41) is 33.7. The Bertz CT molecular complexity index is 800. The molecule has 1 saturated heterocycles. The van der Waals surface area contributed by atoms with Gasteiger partial charge in [-0.25, -0.2) is 0 Å². The minimum Gasteiger partial charge on any atom is -0.512 e. The van der Waals surface area contributed by atoms with Crippen molar-refractivity contribution in [2.24, 2.45) is 0 Å². The molecule has 25 heavy (non-hydrogen) atoms. The second kappa shape index (κ2) is 7.00. The lowest BCUT2D eigenvalue weighted by Crippen LogP contribution is -2.61. The standard InChI is InChI=1S/C18H19NO6/c1-10(21)19-15-17(23)16(22)14(9-20)25-18(15)24-13-8-4-6-11-5-2-3-7-12(11)13/h2-9,15-18,20,22-23H,1H3,(H,19,21)/b14-9+/t15-,16-,17+,18-/m1/s1. The molecule has 1 aliphatic rings. The molecule has 3 rings (SSSR count). The van der Waals surface area contributed by atoms with Crippen LogP contribution in [-0.4, -0.2) is 45.8 Å². The molecule has 0 bridgehead atoms. The fraction of sp³-hybridized carbons (Fsp3) is 0.278. The molecule has 0 radical (unpaired) electrons. The molecule has 0 aliphatic carbocycles. The molecule has 0 aromatic heterocycles. The molecule has 4 N–H and O–H groups in total. The van der Waals surface area contributed by atoms with Crippen molar-refractivity contribution in [3.63, 3.8) is 0 Å². The van der Waals surface area contributed by atoms with Crippen LogP contribution < -0.4 is 10.1 Å². The molecule has 7 heteroatoms. The van der Waals surface area contributed by atoms with E-state index in [9.17, 15) is 20.1 Å². The van der Waals surface area contributed by atoms with Gasteiger partial charge in [-0.3, -0.25) is 4.79 Å². The van der Waals surface area contributed by atoms with Crippen LogP contribution in [0, 0.1) is 0 Å². The molecule has 1 amide bonds. The summed E-state index contributed by atoms with van der Waals surface area (Å²) in [7, 11) is 0.